The molecule has 0 spiro atoms. The number of hydrogen-bond acceptors (Lipinski definition) is 4. The van der Waals surface area contributed by atoms with Gasteiger partial charge in [0.25, 0.3) is 0 Å². The lowest BCUT2D eigenvalue weighted by Crippen LogP contribution is -1.99. The van der Waals surface area contributed by atoms with E-state index >= 15 is 0 Å². The molecule has 0 saturated carbocycles. The Labute approximate surface area is 123 Å². The van der Waals surface area contributed by atoms with Gasteiger partial charge >= 0.3 is 5.97 Å². The number of phenols is 1. The normalized spacial score (nSPS) is 9.24. The predicted octanol–water partition coefficient (Wildman–Crippen LogP) is 2.72. The topological polar surface area (TPSA) is 76.0 Å². The van der Waals surface area contributed by atoms with E-state index in [4.69, 9.17) is 19.7 Å². The van der Waals surface area contributed by atoms with Crippen LogP contribution >= 0.6 is 0 Å². The maximum Gasteiger partial charge on any atom is 0.307 e. The summed E-state index contributed by atoms with van der Waals surface area (Å²) in [4.78, 5) is 10.3. The van der Waals surface area contributed by atoms with E-state index in [2.05, 4.69) is 0 Å². The fourth-order valence-corrected chi connectivity index (χ4v) is 1.50. The molecule has 2 aromatic carbocycles. The molecule has 2 aromatic rings. The van der Waals surface area contributed by atoms with Crippen LogP contribution in [0.1, 0.15) is 5.56 Å². The molecule has 0 atom stereocenters. The maximum atomic E-state index is 10.3. The summed E-state index contributed by atoms with van der Waals surface area (Å²) < 4.78 is 9.78. The number of rotatable bonds is 4. The van der Waals surface area contributed by atoms with Crippen molar-refractivity contribution in [3.63, 3.8) is 0 Å². The molecule has 0 amide bonds. The van der Waals surface area contributed by atoms with Crippen molar-refractivity contribution in [3.8, 4) is 17.2 Å². The van der Waals surface area contributed by atoms with Crippen molar-refractivity contribution in [2.24, 2.45) is 0 Å². The van der Waals surface area contributed by atoms with Crippen LogP contribution in [0.15, 0.2) is 48.5 Å². The van der Waals surface area contributed by atoms with E-state index in [0.717, 1.165) is 17.1 Å². The third-order valence-corrected chi connectivity index (χ3v) is 2.59. The molecule has 2 N–H and O–H groups in total. The fourth-order valence-electron chi connectivity index (χ4n) is 1.50. The van der Waals surface area contributed by atoms with E-state index in [1.807, 2.05) is 0 Å². The number of hydrogen-bond donors (Lipinski definition) is 2. The summed E-state index contributed by atoms with van der Waals surface area (Å²) in [7, 11) is 3.17. The highest BCUT2D eigenvalue weighted by molar-refractivity contribution is 5.70. The van der Waals surface area contributed by atoms with Gasteiger partial charge in [-0.05, 0) is 42.0 Å². The van der Waals surface area contributed by atoms with E-state index in [9.17, 15) is 4.79 Å². The number of ether oxygens (including phenoxy) is 2. The van der Waals surface area contributed by atoms with Crippen molar-refractivity contribution >= 4 is 5.97 Å². The van der Waals surface area contributed by atoms with E-state index in [1.54, 1.807) is 62.8 Å². The molecule has 0 aromatic heterocycles. The molecule has 0 unspecified atom stereocenters. The van der Waals surface area contributed by atoms with Crippen molar-refractivity contribution in [2.45, 2.75) is 6.42 Å². The first-order valence-electron chi connectivity index (χ1n) is 6.23. The first kappa shape index (κ1) is 16.4. The molecule has 0 aliphatic heterocycles. The van der Waals surface area contributed by atoms with Crippen molar-refractivity contribution in [1.29, 1.82) is 0 Å². The van der Waals surface area contributed by atoms with Crippen molar-refractivity contribution in [2.75, 3.05) is 14.2 Å². The molecule has 5 heteroatoms. The van der Waals surface area contributed by atoms with Gasteiger partial charge in [0.1, 0.15) is 17.2 Å². The van der Waals surface area contributed by atoms with Gasteiger partial charge in [-0.25, -0.2) is 0 Å². The molecular formula is C16H18O5. The highest BCUT2D eigenvalue weighted by Crippen LogP contribution is 2.14. The van der Waals surface area contributed by atoms with Gasteiger partial charge in [-0.15, -0.1) is 0 Å². The summed E-state index contributed by atoms with van der Waals surface area (Å²) in [5.74, 6) is 0.938. The second-order valence-electron chi connectivity index (χ2n) is 4.12. The van der Waals surface area contributed by atoms with Gasteiger partial charge in [0.2, 0.25) is 0 Å². The lowest BCUT2D eigenvalue weighted by Gasteiger charge is -1.99. The Morgan fingerprint density at radius 3 is 1.71 bits per heavy atom. The van der Waals surface area contributed by atoms with Crippen LogP contribution in [0.3, 0.4) is 0 Å². The van der Waals surface area contributed by atoms with Gasteiger partial charge in [-0.1, -0.05) is 12.1 Å². The van der Waals surface area contributed by atoms with Crippen LogP contribution < -0.4 is 9.47 Å². The lowest BCUT2D eigenvalue weighted by atomic mass is 10.1. The Hall–Kier alpha value is -2.69. The van der Waals surface area contributed by atoms with Crippen LogP contribution in [0, 0.1) is 0 Å². The monoisotopic (exact) mass is 290 g/mol. The van der Waals surface area contributed by atoms with Crippen molar-refractivity contribution in [1.82, 2.24) is 0 Å². The Balaban J connectivity index is 0.000000219. The minimum Gasteiger partial charge on any atom is -0.508 e. The summed E-state index contributed by atoms with van der Waals surface area (Å²) >= 11 is 0. The number of carbonyl (C=O) groups is 1. The van der Waals surface area contributed by atoms with E-state index in [-0.39, 0.29) is 12.2 Å². The highest BCUT2D eigenvalue weighted by Gasteiger charge is 1.99. The van der Waals surface area contributed by atoms with Crippen LogP contribution in [0.5, 0.6) is 17.2 Å². The van der Waals surface area contributed by atoms with Crippen LogP contribution in [0.2, 0.25) is 0 Å². The molecule has 0 aliphatic rings. The van der Waals surface area contributed by atoms with Crippen LogP contribution in [-0.4, -0.2) is 30.4 Å². The molecule has 112 valence electrons. The third-order valence-electron chi connectivity index (χ3n) is 2.59. The third kappa shape index (κ3) is 6.33. The van der Waals surface area contributed by atoms with E-state index in [0.29, 0.717) is 0 Å². The first-order valence-corrected chi connectivity index (χ1v) is 6.23. The number of aromatic hydroxyl groups is 1. The van der Waals surface area contributed by atoms with Gasteiger partial charge in [0, 0.05) is 0 Å². The zero-order valence-electron chi connectivity index (χ0n) is 11.9. The molecule has 0 saturated heterocycles. The Bertz CT molecular complexity index is 546. The summed E-state index contributed by atoms with van der Waals surface area (Å²) in [5.41, 5.74) is 0.781. The molecular weight excluding hydrogens is 272 g/mol. The second kappa shape index (κ2) is 8.47. The number of carboxylic acid groups (broad SMARTS) is 1. The van der Waals surface area contributed by atoms with Crippen LogP contribution in [0.4, 0.5) is 0 Å². The van der Waals surface area contributed by atoms with E-state index in [1.165, 1.54) is 0 Å². The number of aliphatic carboxylic acids is 1. The fraction of sp³-hybridized carbons (Fsp3) is 0.188. The molecule has 0 fully saturated rings. The van der Waals surface area contributed by atoms with Gasteiger partial charge in [-0.2, -0.15) is 0 Å². The standard InChI is InChI=1S/C9H10O3.C7H8O2/c1-12-8-4-2-7(3-5-8)6-9(10)11;1-9-7-4-2-6(8)3-5-7/h2-5H,6H2,1H3,(H,10,11);2-5,8H,1H3. The summed E-state index contributed by atoms with van der Waals surface area (Å²) in [6, 6.07) is 13.6. The van der Waals surface area contributed by atoms with Crippen molar-refractivity contribution < 1.29 is 24.5 Å². The molecule has 21 heavy (non-hydrogen) atoms. The van der Waals surface area contributed by atoms with Gasteiger partial charge in [0.05, 0.1) is 20.6 Å². The highest BCUT2D eigenvalue weighted by atomic mass is 16.5. The first-order chi connectivity index (χ1) is 10.0. The molecule has 5 nitrogen and oxygen atoms in total. The van der Waals surface area contributed by atoms with Gasteiger partial charge in [0.15, 0.2) is 0 Å². The average Bonchev–Trinajstić information content (AvgIpc) is 2.49. The van der Waals surface area contributed by atoms with Crippen molar-refractivity contribution in [3.05, 3.63) is 54.1 Å². The maximum absolute atomic E-state index is 10.3. The average molecular weight is 290 g/mol. The number of benzene rings is 2. The molecule has 0 bridgehead atoms. The zero-order chi connectivity index (χ0) is 15.7. The Morgan fingerprint density at radius 1 is 0.905 bits per heavy atom. The minimum atomic E-state index is -0.819. The second-order valence-corrected chi connectivity index (χ2v) is 4.12. The number of carboxylic acids is 1. The number of phenolic OH excluding ortho intramolecular Hbond substituents is 1. The van der Waals surface area contributed by atoms with Crippen LogP contribution in [0.25, 0.3) is 0 Å². The Kier molecular flexibility index (Phi) is 6.60. The molecule has 0 heterocycles. The lowest BCUT2D eigenvalue weighted by molar-refractivity contribution is -0.136. The SMILES string of the molecule is COc1ccc(CC(=O)O)cc1.COc1ccc(O)cc1. The van der Waals surface area contributed by atoms with E-state index < -0.39 is 5.97 Å². The smallest absolute Gasteiger partial charge is 0.307 e. The van der Waals surface area contributed by atoms with Crippen LogP contribution in [-0.2, 0) is 11.2 Å². The largest absolute Gasteiger partial charge is 0.508 e. The summed E-state index contributed by atoms with van der Waals surface area (Å²) in [6.07, 6.45) is 0.0595. The predicted molar refractivity (Wildman–Crippen MR) is 79.0 cm³/mol. The van der Waals surface area contributed by atoms with Gasteiger partial charge < -0.3 is 19.7 Å². The molecule has 0 radical (unpaired) electrons. The quantitative estimate of drug-likeness (QED) is 0.905. The molecule has 2 rings (SSSR count). The number of methoxy groups -OCH3 is 2. The Morgan fingerprint density at radius 2 is 1.33 bits per heavy atom. The summed E-state index contributed by atoms with van der Waals surface area (Å²) in [5, 5.41) is 17.3. The summed E-state index contributed by atoms with van der Waals surface area (Å²) in [6.45, 7) is 0. The zero-order valence-corrected chi connectivity index (χ0v) is 11.9. The minimum absolute atomic E-state index is 0.0595. The molecule has 0 aliphatic carbocycles. The van der Waals surface area contributed by atoms with Gasteiger partial charge in [-0.3, -0.25) is 4.79 Å².